The van der Waals surface area contributed by atoms with Gasteiger partial charge in [-0.05, 0) is 69.3 Å². The van der Waals surface area contributed by atoms with Crippen LogP contribution < -0.4 is 4.74 Å². The van der Waals surface area contributed by atoms with Gasteiger partial charge in [0.05, 0.1) is 6.61 Å². The lowest BCUT2D eigenvalue weighted by Gasteiger charge is -2.23. The molecule has 1 N–H and O–H groups in total. The van der Waals surface area contributed by atoms with Gasteiger partial charge in [-0.2, -0.15) is 0 Å². The number of aliphatic carboxylic acids is 1. The van der Waals surface area contributed by atoms with E-state index in [1.807, 2.05) is 0 Å². The average Bonchev–Trinajstić information content (AvgIpc) is 2.67. The van der Waals surface area contributed by atoms with Crippen LogP contribution in [0.2, 0.25) is 5.02 Å². The molecule has 29 heavy (non-hydrogen) atoms. The molecule has 6 nitrogen and oxygen atoms in total. The second-order valence-corrected chi connectivity index (χ2v) is 7.03. The molecule has 0 radical (unpaired) electrons. The number of ketones is 1. The molecule has 0 saturated carbocycles. The highest BCUT2D eigenvalue weighted by atomic mass is 35.5. The lowest BCUT2D eigenvalue weighted by molar-refractivity contribution is -0.152. The van der Waals surface area contributed by atoms with Crippen molar-refractivity contribution in [1.29, 1.82) is 0 Å². The number of esters is 1. The minimum absolute atomic E-state index is 0.214. The standard InChI is InChI=1S/C22H21ClO6/c1-4-28-19(24)12-8-15-13-16(20(25)14-5-9-17(23)10-6-14)7-11-18(15)29-22(2,3)21(26)27/h5-13H,4H2,1-3H3,(H,26,27)/b12-8+. The van der Waals surface area contributed by atoms with Crippen molar-refractivity contribution in [1.82, 2.24) is 0 Å². The van der Waals surface area contributed by atoms with Gasteiger partial charge in [0.15, 0.2) is 11.4 Å². The number of halogens is 1. The quantitative estimate of drug-likeness (QED) is 0.390. The molecule has 0 unspecified atom stereocenters. The Morgan fingerprint density at radius 2 is 1.69 bits per heavy atom. The Morgan fingerprint density at radius 3 is 2.28 bits per heavy atom. The summed E-state index contributed by atoms with van der Waals surface area (Å²) in [5, 5.41) is 9.83. The summed E-state index contributed by atoms with van der Waals surface area (Å²) < 4.78 is 10.5. The molecule has 7 heteroatoms. The van der Waals surface area contributed by atoms with Crippen molar-refractivity contribution in [2.24, 2.45) is 0 Å². The Morgan fingerprint density at radius 1 is 1.07 bits per heavy atom. The first kappa shape index (κ1) is 22.2. The third-order valence-electron chi connectivity index (χ3n) is 3.94. The highest BCUT2D eigenvalue weighted by Crippen LogP contribution is 2.27. The predicted octanol–water partition coefficient (Wildman–Crippen LogP) is 4.39. The highest BCUT2D eigenvalue weighted by Gasteiger charge is 2.30. The first-order chi connectivity index (χ1) is 13.6. The number of rotatable bonds is 8. The van der Waals surface area contributed by atoms with Gasteiger partial charge in [-0.15, -0.1) is 0 Å². The largest absolute Gasteiger partial charge is 0.478 e. The second kappa shape index (κ2) is 9.39. The maximum Gasteiger partial charge on any atom is 0.347 e. The van der Waals surface area contributed by atoms with Crippen molar-refractivity contribution in [3.05, 3.63) is 70.3 Å². The van der Waals surface area contributed by atoms with Crippen molar-refractivity contribution in [2.45, 2.75) is 26.4 Å². The fourth-order valence-corrected chi connectivity index (χ4v) is 2.47. The van der Waals surface area contributed by atoms with Gasteiger partial charge in [-0.1, -0.05) is 11.6 Å². The SMILES string of the molecule is CCOC(=O)/C=C/c1cc(C(=O)c2ccc(Cl)cc2)ccc1OC(C)(C)C(=O)O. The average molecular weight is 417 g/mol. The van der Waals surface area contributed by atoms with Crippen molar-refractivity contribution in [3.8, 4) is 5.75 Å². The highest BCUT2D eigenvalue weighted by molar-refractivity contribution is 6.30. The lowest BCUT2D eigenvalue weighted by Crippen LogP contribution is -2.38. The molecule has 0 heterocycles. The number of carbonyl (C=O) groups is 3. The summed E-state index contributed by atoms with van der Waals surface area (Å²) in [6.45, 7) is 4.70. The monoisotopic (exact) mass is 416 g/mol. The summed E-state index contributed by atoms with van der Waals surface area (Å²) in [7, 11) is 0. The van der Waals surface area contributed by atoms with E-state index >= 15 is 0 Å². The van der Waals surface area contributed by atoms with Crippen LogP contribution >= 0.6 is 11.6 Å². The number of hydrogen-bond acceptors (Lipinski definition) is 5. The summed E-state index contributed by atoms with van der Waals surface area (Å²) in [4.78, 5) is 35.8. The normalized spacial score (nSPS) is 11.3. The Labute approximate surface area is 173 Å². The van der Waals surface area contributed by atoms with Crippen molar-refractivity contribution in [2.75, 3.05) is 6.61 Å². The molecule has 0 aromatic heterocycles. The van der Waals surface area contributed by atoms with E-state index in [4.69, 9.17) is 21.1 Å². The third-order valence-corrected chi connectivity index (χ3v) is 4.20. The first-order valence-electron chi connectivity index (χ1n) is 8.85. The molecular formula is C22H21ClO6. The van der Waals surface area contributed by atoms with Gasteiger partial charge in [-0.3, -0.25) is 4.79 Å². The minimum Gasteiger partial charge on any atom is -0.478 e. The van der Waals surface area contributed by atoms with E-state index in [1.54, 1.807) is 31.2 Å². The molecule has 2 aromatic carbocycles. The van der Waals surface area contributed by atoms with Gasteiger partial charge in [0.1, 0.15) is 5.75 Å². The third kappa shape index (κ3) is 5.93. The van der Waals surface area contributed by atoms with Crippen LogP contribution in [0.1, 0.15) is 42.3 Å². The molecule has 2 aromatic rings. The van der Waals surface area contributed by atoms with Crippen LogP contribution in [0.4, 0.5) is 0 Å². The number of benzene rings is 2. The smallest absolute Gasteiger partial charge is 0.347 e. The molecule has 0 saturated heterocycles. The molecular weight excluding hydrogens is 396 g/mol. The van der Waals surface area contributed by atoms with Gasteiger partial charge >= 0.3 is 11.9 Å². The maximum absolute atomic E-state index is 12.8. The molecule has 0 bridgehead atoms. The summed E-state index contributed by atoms with van der Waals surface area (Å²) in [6, 6.07) is 11.0. The van der Waals surface area contributed by atoms with Crippen LogP contribution in [0.3, 0.4) is 0 Å². The summed E-state index contributed by atoms with van der Waals surface area (Å²) in [5.74, 6) is -1.76. The number of carboxylic acid groups (broad SMARTS) is 1. The fourth-order valence-electron chi connectivity index (χ4n) is 2.35. The van der Waals surface area contributed by atoms with Crippen molar-refractivity contribution < 1.29 is 29.0 Å². The number of carbonyl (C=O) groups excluding carboxylic acids is 2. The molecule has 0 atom stereocenters. The number of carboxylic acids is 1. The summed E-state index contributed by atoms with van der Waals surface area (Å²) in [6.07, 6.45) is 2.61. The van der Waals surface area contributed by atoms with Gasteiger partial charge in [0, 0.05) is 27.8 Å². The number of hydrogen-bond donors (Lipinski definition) is 1. The van der Waals surface area contributed by atoms with Gasteiger partial charge in [0.25, 0.3) is 0 Å². The van der Waals surface area contributed by atoms with E-state index in [9.17, 15) is 19.5 Å². The van der Waals surface area contributed by atoms with E-state index in [0.717, 1.165) is 0 Å². The van der Waals surface area contributed by atoms with E-state index in [1.165, 1.54) is 44.2 Å². The lowest BCUT2D eigenvalue weighted by atomic mass is 10.00. The van der Waals surface area contributed by atoms with E-state index in [-0.39, 0.29) is 18.1 Å². The van der Waals surface area contributed by atoms with Crippen LogP contribution in [0.5, 0.6) is 5.75 Å². The fraction of sp³-hybridized carbons (Fsp3) is 0.227. The molecule has 0 fully saturated rings. The molecule has 152 valence electrons. The second-order valence-electron chi connectivity index (χ2n) is 6.59. The molecule has 0 aliphatic rings. The zero-order chi connectivity index (χ0) is 21.6. The van der Waals surface area contributed by atoms with Crippen molar-refractivity contribution >= 4 is 35.4 Å². The molecule has 0 amide bonds. The van der Waals surface area contributed by atoms with Gasteiger partial charge < -0.3 is 14.6 Å². The Kier molecular flexibility index (Phi) is 7.18. The minimum atomic E-state index is -1.51. The summed E-state index contributed by atoms with van der Waals surface area (Å²) >= 11 is 5.86. The van der Waals surface area contributed by atoms with Gasteiger partial charge in [-0.25, -0.2) is 9.59 Å². The molecule has 0 aliphatic carbocycles. The topological polar surface area (TPSA) is 89.9 Å². The van der Waals surface area contributed by atoms with E-state index in [2.05, 4.69) is 0 Å². The number of ether oxygens (including phenoxy) is 2. The Bertz CT molecular complexity index is 944. The Hall–Kier alpha value is -3.12. The Balaban J connectivity index is 2.44. The van der Waals surface area contributed by atoms with Crippen LogP contribution in [0.25, 0.3) is 6.08 Å². The first-order valence-corrected chi connectivity index (χ1v) is 9.23. The van der Waals surface area contributed by atoms with Crippen LogP contribution in [0.15, 0.2) is 48.5 Å². The van der Waals surface area contributed by atoms with E-state index in [0.29, 0.717) is 21.7 Å². The van der Waals surface area contributed by atoms with Crippen LogP contribution in [-0.2, 0) is 14.3 Å². The van der Waals surface area contributed by atoms with Crippen molar-refractivity contribution in [3.63, 3.8) is 0 Å². The summed E-state index contributed by atoms with van der Waals surface area (Å²) in [5.41, 5.74) is -0.355. The van der Waals surface area contributed by atoms with E-state index < -0.39 is 17.5 Å². The zero-order valence-electron chi connectivity index (χ0n) is 16.3. The van der Waals surface area contributed by atoms with Crippen LogP contribution in [0, 0.1) is 0 Å². The maximum atomic E-state index is 12.8. The molecule has 2 rings (SSSR count). The molecule has 0 aliphatic heterocycles. The van der Waals surface area contributed by atoms with Gasteiger partial charge in [0.2, 0.25) is 0 Å². The zero-order valence-corrected chi connectivity index (χ0v) is 17.0. The predicted molar refractivity (Wildman–Crippen MR) is 109 cm³/mol. The van der Waals surface area contributed by atoms with Crippen LogP contribution in [-0.4, -0.2) is 35.0 Å². The molecule has 0 spiro atoms.